The van der Waals surface area contributed by atoms with Crippen molar-refractivity contribution in [2.45, 2.75) is 26.2 Å². The highest BCUT2D eigenvalue weighted by atomic mass is 32.1. The van der Waals surface area contributed by atoms with E-state index in [1.54, 1.807) is 22.7 Å². The van der Waals surface area contributed by atoms with Crippen LogP contribution in [0.3, 0.4) is 0 Å². The molecule has 2 aromatic carbocycles. The Morgan fingerprint density at radius 2 is 1.69 bits per heavy atom. The average molecular weight is 451 g/mol. The monoisotopic (exact) mass is 450 g/mol. The summed E-state index contributed by atoms with van der Waals surface area (Å²) in [5.74, 6) is 0. The molecule has 0 saturated heterocycles. The van der Waals surface area contributed by atoms with Gasteiger partial charge in [0.05, 0.1) is 21.0 Å². The Labute approximate surface area is 195 Å². The van der Waals surface area contributed by atoms with Gasteiger partial charge in [-0.1, -0.05) is 45.0 Å². The Morgan fingerprint density at radius 3 is 2.56 bits per heavy atom. The number of hydrogen-bond acceptors (Lipinski definition) is 4. The average Bonchev–Trinajstić information content (AvgIpc) is 3.43. The van der Waals surface area contributed by atoms with Crippen LogP contribution in [0.1, 0.15) is 26.3 Å². The highest BCUT2D eigenvalue weighted by Crippen LogP contribution is 2.41. The van der Waals surface area contributed by atoms with Gasteiger partial charge >= 0.3 is 0 Å². The molecule has 6 aromatic rings. The van der Waals surface area contributed by atoms with E-state index in [1.807, 2.05) is 12.4 Å². The molecule has 156 valence electrons. The normalized spacial score (nSPS) is 12.2. The fourth-order valence-corrected chi connectivity index (χ4v) is 6.29. The van der Waals surface area contributed by atoms with Gasteiger partial charge in [-0.2, -0.15) is 0 Å². The lowest BCUT2D eigenvalue weighted by molar-refractivity contribution is 0.596. The Morgan fingerprint density at radius 1 is 0.812 bits per heavy atom. The summed E-state index contributed by atoms with van der Waals surface area (Å²) in [6.07, 6.45) is 3.90. The van der Waals surface area contributed by atoms with Gasteiger partial charge in [-0.05, 0) is 68.9 Å². The zero-order valence-corrected chi connectivity index (χ0v) is 19.8. The van der Waals surface area contributed by atoms with Crippen LogP contribution in [-0.4, -0.2) is 9.97 Å². The first-order valence-electron chi connectivity index (χ1n) is 10.7. The highest BCUT2D eigenvalue weighted by molar-refractivity contribution is 7.22. The van der Waals surface area contributed by atoms with Crippen molar-refractivity contribution in [1.29, 1.82) is 0 Å². The quantitative estimate of drug-likeness (QED) is 0.264. The molecule has 0 fully saturated rings. The zero-order chi connectivity index (χ0) is 21.9. The number of pyridine rings is 2. The number of hydrogen-bond donors (Lipinski definition) is 0. The van der Waals surface area contributed by atoms with E-state index in [0.29, 0.717) is 0 Å². The van der Waals surface area contributed by atoms with Gasteiger partial charge in [-0.3, -0.25) is 9.97 Å². The molecule has 0 spiro atoms. The summed E-state index contributed by atoms with van der Waals surface area (Å²) in [6.45, 7) is 6.84. The smallest absolute Gasteiger partial charge is 0.0880 e. The topological polar surface area (TPSA) is 25.8 Å². The molecule has 0 radical (unpaired) electrons. The van der Waals surface area contributed by atoms with Crippen LogP contribution in [0.25, 0.3) is 52.8 Å². The second-order valence-corrected chi connectivity index (χ2v) is 11.2. The van der Waals surface area contributed by atoms with Gasteiger partial charge in [-0.25, -0.2) is 0 Å². The first kappa shape index (κ1) is 19.6. The summed E-state index contributed by atoms with van der Waals surface area (Å²) in [5, 5.41) is 7.11. The van der Waals surface area contributed by atoms with Crippen molar-refractivity contribution in [3.05, 3.63) is 84.0 Å². The lowest BCUT2D eigenvalue weighted by atomic mass is 9.82. The minimum atomic E-state index is 0.0458. The van der Waals surface area contributed by atoms with Crippen molar-refractivity contribution in [2.75, 3.05) is 0 Å². The van der Waals surface area contributed by atoms with Crippen LogP contribution in [0.15, 0.2) is 78.4 Å². The Hall–Kier alpha value is -3.08. The van der Waals surface area contributed by atoms with Crippen LogP contribution in [0.5, 0.6) is 0 Å². The van der Waals surface area contributed by atoms with E-state index in [9.17, 15) is 0 Å². The molecule has 0 N–H and O–H groups in total. The predicted molar refractivity (Wildman–Crippen MR) is 140 cm³/mol. The van der Waals surface area contributed by atoms with E-state index < -0.39 is 0 Å². The van der Waals surface area contributed by atoms with Crippen LogP contribution in [0, 0.1) is 0 Å². The van der Waals surface area contributed by atoms with Crippen molar-refractivity contribution >= 4 is 53.6 Å². The molecule has 0 atom stereocenters. The van der Waals surface area contributed by atoms with E-state index >= 15 is 0 Å². The first-order valence-corrected chi connectivity index (χ1v) is 12.4. The number of thiophene rings is 2. The van der Waals surface area contributed by atoms with E-state index in [2.05, 4.69) is 86.8 Å². The summed E-state index contributed by atoms with van der Waals surface area (Å²) in [4.78, 5) is 10.8. The summed E-state index contributed by atoms with van der Waals surface area (Å²) < 4.78 is 2.49. The van der Waals surface area contributed by atoms with Gasteiger partial charge < -0.3 is 0 Å². The second kappa shape index (κ2) is 7.22. The largest absolute Gasteiger partial charge is 0.255 e. The maximum absolute atomic E-state index is 4.85. The summed E-state index contributed by atoms with van der Waals surface area (Å²) in [6, 6.07) is 22.0. The minimum absolute atomic E-state index is 0.0458. The van der Waals surface area contributed by atoms with Crippen LogP contribution >= 0.6 is 22.7 Å². The Kier molecular flexibility index (Phi) is 4.42. The molecule has 6 rings (SSSR count). The molecule has 0 saturated carbocycles. The van der Waals surface area contributed by atoms with Gasteiger partial charge in [0.1, 0.15) is 0 Å². The number of aromatic nitrogens is 2. The molecular formula is C28H22N2S2. The maximum Gasteiger partial charge on any atom is 0.0880 e. The molecule has 4 heterocycles. The molecule has 4 aromatic heterocycles. The van der Waals surface area contributed by atoms with Crippen molar-refractivity contribution in [1.82, 2.24) is 9.97 Å². The zero-order valence-electron chi connectivity index (χ0n) is 18.2. The van der Waals surface area contributed by atoms with Crippen LogP contribution < -0.4 is 0 Å². The molecule has 0 bridgehead atoms. The van der Waals surface area contributed by atoms with Gasteiger partial charge in [0.15, 0.2) is 0 Å². The summed E-state index contributed by atoms with van der Waals surface area (Å²) >= 11 is 3.54. The highest BCUT2D eigenvalue weighted by Gasteiger charge is 2.20. The molecular weight excluding hydrogens is 428 g/mol. The summed E-state index contributed by atoms with van der Waals surface area (Å²) in [7, 11) is 0. The minimum Gasteiger partial charge on any atom is -0.255 e. The molecule has 0 amide bonds. The number of fused-ring (bicyclic) bond motifs is 3. The van der Waals surface area contributed by atoms with Gasteiger partial charge in [0.25, 0.3) is 0 Å². The van der Waals surface area contributed by atoms with Gasteiger partial charge in [0.2, 0.25) is 0 Å². The third kappa shape index (κ3) is 3.22. The van der Waals surface area contributed by atoms with Crippen molar-refractivity contribution in [3.8, 4) is 21.8 Å². The van der Waals surface area contributed by atoms with E-state index in [1.165, 1.54) is 46.9 Å². The fraction of sp³-hybridized carbons (Fsp3) is 0.143. The number of nitrogens with zero attached hydrogens (tertiary/aromatic N) is 2. The molecule has 2 nitrogen and oxygen atoms in total. The van der Waals surface area contributed by atoms with Gasteiger partial charge in [0, 0.05) is 28.0 Å². The van der Waals surface area contributed by atoms with E-state index in [0.717, 1.165) is 11.4 Å². The fourth-order valence-electron chi connectivity index (χ4n) is 4.35. The molecule has 0 aliphatic carbocycles. The number of benzene rings is 2. The molecule has 0 aliphatic heterocycles. The van der Waals surface area contributed by atoms with Crippen molar-refractivity contribution in [3.63, 3.8) is 0 Å². The standard InChI is InChI=1S/C28H22N2S2/c1-28(2,3)22-13-20(12-17-6-4-5-7-21(17)22)26-27-18(8-10-29-26)14-25(32-27)23-15-24-19(16-30-23)9-11-31-24/h4-16H,1-3H3. The van der Waals surface area contributed by atoms with Crippen molar-refractivity contribution < 1.29 is 0 Å². The molecule has 0 unspecified atom stereocenters. The van der Waals surface area contributed by atoms with Crippen LogP contribution in [0.2, 0.25) is 0 Å². The predicted octanol–water partition coefficient (Wildman–Crippen LogP) is 8.69. The van der Waals surface area contributed by atoms with Crippen LogP contribution in [-0.2, 0) is 5.41 Å². The summed E-state index contributed by atoms with van der Waals surface area (Å²) in [5.41, 5.74) is 4.65. The second-order valence-electron chi connectivity index (χ2n) is 9.21. The Bertz CT molecular complexity index is 1620. The third-order valence-corrected chi connectivity index (χ3v) is 8.03. The van der Waals surface area contributed by atoms with Crippen LogP contribution in [0.4, 0.5) is 0 Å². The van der Waals surface area contributed by atoms with Crippen molar-refractivity contribution in [2.24, 2.45) is 0 Å². The lowest BCUT2D eigenvalue weighted by Crippen LogP contribution is -2.12. The third-order valence-electron chi connectivity index (χ3n) is 5.97. The molecule has 0 aliphatic rings. The van der Waals surface area contributed by atoms with E-state index in [-0.39, 0.29) is 5.41 Å². The van der Waals surface area contributed by atoms with Gasteiger partial charge in [-0.15, -0.1) is 22.7 Å². The lowest BCUT2D eigenvalue weighted by Gasteiger charge is -2.22. The number of rotatable bonds is 2. The Balaban J connectivity index is 1.56. The van der Waals surface area contributed by atoms with E-state index in [4.69, 9.17) is 9.97 Å². The molecule has 4 heteroatoms. The first-order chi connectivity index (χ1) is 15.5. The SMILES string of the molecule is CC(C)(C)c1cc(-c2nccc3cc(-c4cc5sccc5cn4)sc23)cc2ccccc12. The maximum atomic E-state index is 4.85. The molecule has 32 heavy (non-hydrogen) atoms.